The number of nitro groups is 1. The van der Waals surface area contributed by atoms with Crippen LogP contribution in [-0.4, -0.2) is 29.0 Å². The van der Waals surface area contributed by atoms with E-state index in [-0.39, 0.29) is 11.8 Å². The van der Waals surface area contributed by atoms with Gasteiger partial charge in [0.15, 0.2) is 0 Å². The van der Waals surface area contributed by atoms with Crippen LogP contribution in [-0.2, 0) is 11.3 Å². The molecule has 0 fully saturated rings. The molecule has 1 unspecified atom stereocenters. The average Bonchev–Trinajstić information content (AvgIpc) is 2.94. The Morgan fingerprint density at radius 1 is 1.55 bits per heavy atom. The molecule has 7 nitrogen and oxygen atoms in total. The zero-order chi connectivity index (χ0) is 16.3. The van der Waals surface area contributed by atoms with Gasteiger partial charge in [0.1, 0.15) is 11.1 Å². The van der Waals surface area contributed by atoms with Gasteiger partial charge in [-0.3, -0.25) is 10.1 Å². The number of thiazole rings is 1. The largest absolute Gasteiger partial charge is 0.375 e. The fraction of sp³-hybridized carbons (Fsp3) is 0.429. The number of pyridine rings is 1. The number of rotatable bonds is 6. The quantitative estimate of drug-likeness (QED) is 0.600. The zero-order valence-electron chi connectivity index (χ0n) is 12.9. The summed E-state index contributed by atoms with van der Waals surface area (Å²) >= 11 is 1.52. The first-order valence-electron chi connectivity index (χ1n) is 6.71. The van der Waals surface area contributed by atoms with Gasteiger partial charge in [0.2, 0.25) is 5.82 Å². The fourth-order valence-corrected chi connectivity index (χ4v) is 2.82. The topological polar surface area (TPSA) is 81.4 Å². The SMILES string of the molecule is COC(C)c1nc(CN(C)c2ncc(C)cc2[N+](=O)[O-])cs1. The summed E-state index contributed by atoms with van der Waals surface area (Å²) in [6.45, 7) is 4.16. The van der Waals surface area contributed by atoms with Gasteiger partial charge in [-0.15, -0.1) is 11.3 Å². The van der Waals surface area contributed by atoms with E-state index in [1.807, 2.05) is 12.3 Å². The lowest BCUT2D eigenvalue weighted by molar-refractivity contribution is -0.384. The highest BCUT2D eigenvalue weighted by molar-refractivity contribution is 7.09. The third-order valence-electron chi connectivity index (χ3n) is 3.21. The summed E-state index contributed by atoms with van der Waals surface area (Å²) in [6.07, 6.45) is 1.56. The highest BCUT2D eigenvalue weighted by Gasteiger charge is 2.20. The molecule has 0 aliphatic carbocycles. The Morgan fingerprint density at radius 2 is 2.27 bits per heavy atom. The van der Waals surface area contributed by atoms with Crippen LogP contribution in [0, 0.1) is 17.0 Å². The number of hydrogen-bond acceptors (Lipinski definition) is 7. The highest BCUT2D eigenvalue weighted by Crippen LogP contribution is 2.27. The predicted octanol–water partition coefficient (Wildman–Crippen LogP) is 3.10. The van der Waals surface area contributed by atoms with Crippen LogP contribution in [0.3, 0.4) is 0 Å². The summed E-state index contributed by atoms with van der Waals surface area (Å²) in [7, 11) is 3.40. The van der Waals surface area contributed by atoms with Crippen molar-refractivity contribution in [3.63, 3.8) is 0 Å². The number of hydrogen-bond donors (Lipinski definition) is 0. The minimum atomic E-state index is -0.411. The zero-order valence-corrected chi connectivity index (χ0v) is 13.8. The van der Waals surface area contributed by atoms with Gasteiger partial charge < -0.3 is 9.64 Å². The van der Waals surface area contributed by atoms with E-state index in [4.69, 9.17) is 4.74 Å². The number of aryl methyl sites for hydroxylation is 1. The molecule has 0 spiro atoms. The number of methoxy groups -OCH3 is 1. The molecule has 0 saturated carbocycles. The molecule has 2 rings (SSSR count). The van der Waals surface area contributed by atoms with Crippen molar-refractivity contribution in [1.82, 2.24) is 9.97 Å². The van der Waals surface area contributed by atoms with Crippen molar-refractivity contribution in [2.24, 2.45) is 0 Å². The molecule has 0 aliphatic rings. The monoisotopic (exact) mass is 322 g/mol. The van der Waals surface area contributed by atoms with Crippen LogP contribution < -0.4 is 4.90 Å². The number of nitrogens with zero attached hydrogens (tertiary/aromatic N) is 4. The van der Waals surface area contributed by atoms with Crippen molar-refractivity contribution in [2.45, 2.75) is 26.5 Å². The molecule has 22 heavy (non-hydrogen) atoms. The van der Waals surface area contributed by atoms with Crippen molar-refractivity contribution in [3.8, 4) is 0 Å². The second-order valence-electron chi connectivity index (χ2n) is 5.02. The van der Waals surface area contributed by atoms with E-state index < -0.39 is 4.92 Å². The number of ether oxygens (including phenoxy) is 1. The molecule has 0 radical (unpaired) electrons. The fourth-order valence-electron chi connectivity index (χ4n) is 1.98. The van der Waals surface area contributed by atoms with Crippen LogP contribution >= 0.6 is 11.3 Å². The maximum atomic E-state index is 11.2. The molecule has 0 aliphatic heterocycles. The van der Waals surface area contributed by atoms with Gasteiger partial charge in [-0.25, -0.2) is 9.97 Å². The summed E-state index contributed by atoms with van der Waals surface area (Å²) in [6, 6.07) is 1.53. The second-order valence-corrected chi connectivity index (χ2v) is 5.91. The van der Waals surface area contributed by atoms with Crippen LogP contribution in [0.25, 0.3) is 0 Å². The molecule has 118 valence electrons. The number of aromatic nitrogens is 2. The van der Waals surface area contributed by atoms with Crippen molar-refractivity contribution in [1.29, 1.82) is 0 Å². The third kappa shape index (κ3) is 3.58. The molecule has 0 amide bonds. The summed E-state index contributed by atoms with van der Waals surface area (Å²) in [5.74, 6) is 0.338. The molecule has 1 atom stereocenters. The lowest BCUT2D eigenvalue weighted by Crippen LogP contribution is -2.19. The van der Waals surface area contributed by atoms with Gasteiger partial charge in [-0.1, -0.05) is 0 Å². The van der Waals surface area contributed by atoms with Crippen molar-refractivity contribution < 1.29 is 9.66 Å². The van der Waals surface area contributed by atoms with Gasteiger partial charge in [0, 0.05) is 31.8 Å². The van der Waals surface area contributed by atoms with Gasteiger partial charge in [0.25, 0.3) is 0 Å². The molecule has 0 N–H and O–H groups in total. The van der Waals surface area contributed by atoms with Crippen LogP contribution in [0.5, 0.6) is 0 Å². The van der Waals surface area contributed by atoms with E-state index in [0.717, 1.165) is 16.3 Å². The molecule has 2 aromatic rings. The molecule has 0 aromatic carbocycles. The summed E-state index contributed by atoms with van der Waals surface area (Å²) in [4.78, 5) is 21.2. The number of anilines is 1. The molecule has 8 heteroatoms. The van der Waals surface area contributed by atoms with E-state index >= 15 is 0 Å². The van der Waals surface area contributed by atoms with Crippen LogP contribution in [0.4, 0.5) is 11.5 Å². The van der Waals surface area contributed by atoms with E-state index in [0.29, 0.717) is 12.4 Å². The summed E-state index contributed by atoms with van der Waals surface area (Å²) in [5, 5.41) is 14.0. The molecule has 2 aromatic heterocycles. The maximum absolute atomic E-state index is 11.2. The summed E-state index contributed by atoms with van der Waals surface area (Å²) in [5.41, 5.74) is 1.60. The molecular formula is C14H18N4O3S. The predicted molar refractivity (Wildman–Crippen MR) is 85.3 cm³/mol. The third-order valence-corrected chi connectivity index (χ3v) is 4.27. The summed E-state index contributed by atoms with van der Waals surface area (Å²) < 4.78 is 5.24. The van der Waals surface area contributed by atoms with Crippen molar-refractivity contribution in [2.75, 3.05) is 19.1 Å². The first-order valence-corrected chi connectivity index (χ1v) is 7.59. The Morgan fingerprint density at radius 3 is 2.91 bits per heavy atom. The van der Waals surface area contributed by atoms with E-state index in [2.05, 4.69) is 9.97 Å². The average molecular weight is 322 g/mol. The van der Waals surface area contributed by atoms with E-state index in [1.54, 1.807) is 32.2 Å². The van der Waals surface area contributed by atoms with E-state index in [9.17, 15) is 10.1 Å². The molecule has 0 saturated heterocycles. The smallest absolute Gasteiger partial charge is 0.311 e. The lowest BCUT2D eigenvalue weighted by Gasteiger charge is -2.16. The Labute approximate surface area is 132 Å². The lowest BCUT2D eigenvalue weighted by atomic mass is 10.2. The normalized spacial score (nSPS) is 12.2. The second kappa shape index (κ2) is 6.80. The van der Waals surface area contributed by atoms with Gasteiger partial charge in [-0.2, -0.15) is 0 Å². The standard InChI is InChI=1S/C14H18N4O3S/c1-9-5-12(18(19)20)13(15-6-9)17(3)7-11-8-22-14(16-11)10(2)21-4/h5-6,8,10H,7H2,1-4H3. The van der Waals surface area contributed by atoms with Crippen molar-refractivity contribution in [3.05, 3.63) is 44.0 Å². The first kappa shape index (κ1) is 16.3. The Balaban J connectivity index is 2.20. The minimum Gasteiger partial charge on any atom is -0.375 e. The molecule has 0 bridgehead atoms. The Hall–Kier alpha value is -2.06. The van der Waals surface area contributed by atoms with Gasteiger partial charge in [0.05, 0.1) is 17.2 Å². The Bertz CT molecular complexity index is 674. The van der Waals surface area contributed by atoms with Gasteiger partial charge in [-0.05, 0) is 19.4 Å². The van der Waals surface area contributed by atoms with Crippen LogP contribution in [0.15, 0.2) is 17.6 Å². The van der Waals surface area contributed by atoms with Crippen LogP contribution in [0.1, 0.15) is 29.3 Å². The maximum Gasteiger partial charge on any atom is 0.311 e. The molecule has 2 heterocycles. The first-order chi connectivity index (χ1) is 10.4. The molecular weight excluding hydrogens is 304 g/mol. The van der Waals surface area contributed by atoms with Crippen molar-refractivity contribution >= 4 is 22.8 Å². The minimum absolute atomic E-state index is 0.00297. The Kier molecular flexibility index (Phi) is 5.04. The highest BCUT2D eigenvalue weighted by atomic mass is 32.1. The van der Waals surface area contributed by atoms with Crippen LogP contribution in [0.2, 0.25) is 0 Å². The van der Waals surface area contributed by atoms with E-state index in [1.165, 1.54) is 17.4 Å². The van der Waals surface area contributed by atoms with Gasteiger partial charge >= 0.3 is 5.69 Å².